The fourth-order valence-corrected chi connectivity index (χ4v) is 3.32. The number of nitro benzene ring substituents is 2. The summed E-state index contributed by atoms with van der Waals surface area (Å²) < 4.78 is 4.80. The summed E-state index contributed by atoms with van der Waals surface area (Å²) in [6, 6.07) is 7.14. The average Bonchev–Trinajstić information content (AvgIpc) is 2.94. The van der Waals surface area contributed by atoms with Gasteiger partial charge in [-0.15, -0.1) is 0 Å². The number of fused-ring (bicyclic) bond motifs is 3. The maximum Gasteiger partial charge on any atom is 0.338 e. The molecule has 0 N–H and O–H groups in total. The van der Waals surface area contributed by atoms with E-state index in [1.807, 2.05) is 13.8 Å². The SMILES string of the molecule is COC(=O)c1cccc2c1-c1c(cc([N+](=O)[O-])cc1[N+](=O)[O-])C2=C(C)C. The molecule has 0 aliphatic heterocycles. The number of nitro groups is 2. The molecule has 132 valence electrons. The minimum Gasteiger partial charge on any atom is -0.465 e. The molecule has 8 nitrogen and oxygen atoms in total. The highest BCUT2D eigenvalue weighted by molar-refractivity contribution is 6.12. The lowest BCUT2D eigenvalue weighted by Gasteiger charge is -2.08. The smallest absolute Gasteiger partial charge is 0.338 e. The Morgan fingerprint density at radius 3 is 2.23 bits per heavy atom. The molecule has 0 heterocycles. The van der Waals surface area contributed by atoms with Gasteiger partial charge in [0.2, 0.25) is 0 Å². The van der Waals surface area contributed by atoms with Crippen molar-refractivity contribution in [3.63, 3.8) is 0 Å². The highest BCUT2D eigenvalue weighted by atomic mass is 16.6. The number of nitrogens with zero attached hydrogens (tertiary/aromatic N) is 2. The molecule has 1 aliphatic carbocycles. The molecule has 0 aromatic heterocycles. The molecule has 1 aliphatic rings. The molecular formula is C18H14N2O6. The van der Waals surface area contributed by atoms with E-state index >= 15 is 0 Å². The third-order valence-electron chi connectivity index (χ3n) is 4.27. The zero-order valence-electron chi connectivity index (χ0n) is 14.2. The lowest BCUT2D eigenvalue weighted by atomic mass is 9.97. The van der Waals surface area contributed by atoms with E-state index in [0.29, 0.717) is 22.3 Å². The first kappa shape index (κ1) is 17.3. The van der Waals surface area contributed by atoms with E-state index in [2.05, 4.69) is 0 Å². The summed E-state index contributed by atoms with van der Waals surface area (Å²) in [5.74, 6) is -0.629. The predicted octanol–water partition coefficient (Wildman–Crippen LogP) is 4.11. The fourth-order valence-electron chi connectivity index (χ4n) is 3.32. The van der Waals surface area contributed by atoms with Crippen LogP contribution in [0.15, 0.2) is 35.9 Å². The molecule has 0 spiro atoms. The summed E-state index contributed by atoms with van der Waals surface area (Å²) in [6.07, 6.45) is 0. The van der Waals surface area contributed by atoms with Crippen LogP contribution >= 0.6 is 0 Å². The monoisotopic (exact) mass is 354 g/mol. The van der Waals surface area contributed by atoms with Gasteiger partial charge in [0.25, 0.3) is 11.4 Å². The van der Waals surface area contributed by atoms with Crippen LogP contribution in [0.2, 0.25) is 0 Å². The van der Waals surface area contributed by atoms with Crippen LogP contribution in [0.25, 0.3) is 16.7 Å². The summed E-state index contributed by atoms with van der Waals surface area (Å²) in [7, 11) is 1.23. The Balaban J connectivity index is 2.53. The summed E-state index contributed by atoms with van der Waals surface area (Å²) >= 11 is 0. The Morgan fingerprint density at radius 1 is 1.00 bits per heavy atom. The van der Waals surface area contributed by atoms with Gasteiger partial charge in [0, 0.05) is 17.2 Å². The van der Waals surface area contributed by atoms with Gasteiger partial charge in [0.15, 0.2) is 0 Å². The van der Waals surface area contributed by atoms with Gasteiger partial charge in [0.05, 0.1) is 34.1 Å². The van der Waals surface area contributed by atoms with Crippen LogP contribution in [0, 0.1) is 20.2 Å². The van der Waals surface area contributed by atoms with Crippen molar-refractivity contribution in [1.82, 2.24) is 0 Å². The minimum absolute atomic E-state index is 0.180. The molecule has 2 aromatic carbocycles. The molecule has 0 amide bonds. The molecule has 0 atom stereocenters. The Morgan fingerprint density at radius 2 is 1.69 bits per heavy atom. The molecule has 0 saturated heterocycles. The van der Waals surface area contributed by atoms with Crippen LogP contribution in [0.1, 0.15) is 35.3 Å². The van der Waals surface area contributed by atoms with Crippen molar-refractivity contribution in [2.45, 2.75) is 13.8 Å². The van der Waals surface area contributed by atoms with Gasteiger partial charge in [-0.3, -0.25) is 20.2 Å². The third-order valence-corrected chi connectivity index (χ3v) is 4.27. The van der Waals surface area contributed by atoms with E-state index in [1.54, 1.807) is 12.1 Å². The summed E-state index contributed by atoms with van der Waals surface area (Å²) in [6.45, 7) is 3.62. The normalized spacial score (nSPS) is 11.6. The number of hydrogen-bond acceptors (Lipinski definition) is 6. The largest absolute Gasteiger partial charge is 0.465 e. The first-order chi connectivity index (χ1) is 12.3. The maximum absolute atomic E-state index is 12.2. The summed E-state index contributed by atoms with van der Waals surface area (Å²) in [5, 5.41) is 22.9. The van der Waals surface area contributed by atoms with E-state index in [4.69, 9.17) is 4.74 Å². The van der Waals surface area contributed by atoms with Gasteiger partial charge < -0.3 is 4.74 Å². The molecule has 0 unspecified atom stereocenters. The second-order valence-corrected chi connectivity index (χ2v) is 6.00. The Hall–Kier alpha value is -3.55. The van der Waals surface area contributed by atoms with Crippen LogP contribution < -0.4 is 0 Å². The van der Waals surface area contributed by atoms with Crippen LogP contribution in [0.3, 0.4) is 0 Å². The van der Waals surface area contributed by atoms with Crippen molar-refractivity contribution >= 4 is 22.9 Å². The summed E-state index contributed by atoms with van der Waals surface area (Å²) in [4.78, 5) is 33.7. The number of carbonyl (C=O) groups excluding carboxylic acids is 1. The van der Waals surface area contributed by atoms with Gasteiger partial charge >= 0.3 is 5.97 Å². The highest BCUT2D eigenvalue weighted by Crippen LogP contribution is 2.52. The number of hydrogen-bond donors (Lipinski definition) is 0. The number of ether oxygens (including phenoxy) is 1. The van der Waals surface area contributed by atoms with Crippen LogP contribution in [-0.2, 0) is 4.74 Å². The van der Waals surface area contributed by atoms with E-state index in [9.17, 15) is 25.0 Å². The summed E-state index contributed by atoms with van der Waals surface area (Å²) in [5.41, 5.74) is 2.42. The molecule has 3 rings (SSSR count). The van der Waals surface area contributed by atoms with Crippen molar-refractivity contribution in [2.24, 2.45) is 0 Å². The molecule has 0 bridgehead atoms. The fraction of sp³-hybridized carbons (Fsp3) is 0.167. The van der Waals surface area contributed by atoms with Gasteiger partial charge in [-0.2, -0.15) is 0 Å². The zero-order valence-corrected chi connectivity index (χ0v) is 14.2. The molecule has 2 aromatic rings. The number of rotatable bonds is 3. The van der Waals surface area contributed by atoms with Crippen LogP contribution in [0.5, 0.6) is 0 Å². The Bertz CT molecular complexity index is 1020. The molecule has 8 heteroatoms. The second-order valence-electron chi connectivity index (χ2n) is 6.00. The molecule has 0 radical (unpaired) electrons. The molecule has 0 saturated carbocycles. The van der Waals surface area contributed by atoms with Crippen molar-refractivity contribution in [3.8, 4) is 11.1 Å². The maximum atomic E-state index is 12.2. The topological polar surface area (TPSA) is 113 Å². The van der Waals surface area contributed by atoms with E-state index in [-0.39, 0.29) is 16.8 Å². The number of carbonyl (C=O) groups is 1. The lowest BCUT2D eigenvalue weighted by molar-refractivity contribution is -0.393. The second kappa shape index (κ2) is 6.07. The van der Waals surface area contributed by atoms with Gasteiger partial charge in [-0.05, 0) is 31.1 Å². The van der Waals surface area contributed by atoms with Crippen LogP contribution in [-0.4, -0.2) is 22.9 Å². The molecule has 0 fully saturated rings. The van der Waals surface area contributed by atoms with E-state index in [1.165, 1.54) is 19.2 Å². The number of esters is 1. The minimum atomic E-state index is -0.669. The van der Waals surface area contributed by atoms with Gasteiger partial charge in [-0.1, -0.05) is 17.7 Å². The third kappa shape index (κ3) is 2.43. The van der Waals surface area contributed by atoms with Crippen LogP contribution in [0.4, 0.5) is 11.4 Å². The van der Waals surface area contributed by atoms with E-state index in [0.717, 1.165) is 11.6 Å². The zero-order chi connectivity index (χ0) is 19.2. The number of non-ortho nitro benzene ring substituents is 1. The van der Waals surface area contributed by atoms with E-state index < -0.39 is 21.5 Å². The first-order valence-electron chi connectivity index (χ1n) is 7.64. The lowest BCUT2D eigenvalue weighted by Crippen LogP contribution is -2.04. The number of methoxy groups -OCH3 is 1. The van der Waals surface area contributed by atoms with Crippen molar-refractivity contribution in [3.05, 3.63) is 72.8 Å². The average molecular weight is 354 g/mol. The van der Waals surface area contributed by atoms with Crippen molar-refractivity contribution < 1.29 is 19.4 Å². The Kier molecular flexibility index (Phi) is 4.03. The van der Waals surface area contributed by atoms with Gasteiger partial charge in [-0.25, -0.2) is 4.79 Å². The van der Waals surface area contributed by atoms with Crippen molar-refractivity contribution in [2.75, 3.05) is 7.11 Å². The van der Waals surface area contributed by atoms with Gasteiger partial charge in [0.1, 0.15) is 0 Å². The Labute approximate surface area is 148 Å². The predicted molar refractivity (Wildman–Crippen MR) is 93.9 cm³/mol. The standard InChI is InChI=1S/C18H14N2O6/c1-9(2)15-11-5-4-6-12(18(21)26-3)16(11)17-13(15)7-10(19(22)23)8-14(17)20(24)25/h4-8H,1-3H3. The molecular weight excluding hydrogens is 340 g/mol. The number of benzene rings is 2. The van der Waals surface area contributed by atoms with Crippen molar-refractivity contribution in [1.29, 1.82) is 0 Å². The molecule has 26 heavy (non-hydrogen) atoms. The quantitative estimate of drug-likeness (QED) is 0.397. The first-order valence-corrected chi connectivity index (χ1v) is 7.64. The highest BCUT2D eigenvalue weighted by Gasteiger charge is 2.37. The number of allylic oxidation sites excluding steroid dienone is 1.